The summed E-state index contributed by atoms with van der Waals surface area (Å²) >= 11 is 4.80. The molecular formula is C15H12BrFN2S. The van der Waals surface area contributed by atoms with Gasteiger partial charge < -0.3 is 5.32 Å². The summed E-state index contributed by atoms with van der Waals surface area (Å²) < 4.78 is 15.0. The number of thiazole rings is 1. The summed E-state index contributed by atoms with van der Waals surface area (Å²) in [6.07, 6.45) is 0. The fourth-order valence-corrected chi connectivity index (χ4v) is 3.34. The number of fused-ring (bicyclic) bond motifs is 1. The second-order valence-corrected chi connectivity index (χ2v) is 6.53. The number of nitrogens with zero attached hydrogens (tertiary/aromatic N) is 1. The van der Waals surface area contributed by atoms with Crippen molar-refractivity contribution in [1.82, 2.24) is 4.98 Å². The third-order valence-electron chi connectivity index (χ3n) is 3.13. The van der Waals surface area contributed by atoms with Crippen LogP contribution in [0.5, 0.6) is 0 Å². The average Bonchev–Trinajstić information content (AvgIpc) is 2.80. The van der Waals surface area contributed by atoms with E-state index in [4.69, 9.17) is 0 Å². The number of anilines is 2. The maximum atomic E-state index is 13.4. The van der Waals surface area contributed by atoms with E-state index in [0.717, 1.165) is 32.2 Å². The van der Waals surface area contributed by atoms with Gasteiger partial charge in [-0.3, -0.25) is 0 Å². The van der Waals surface area contributed by atoms with Gasteiger partial charge in [-0.2, -0.15) is 0 Å². The lowest BCUT2D eigenvalue weighted by Crippen LogP contribution is -1.94. The molecule has 0 radical (unpaired) electrons. The minimum atomic E-state index is -0.256. The number of para-hydroxylation sites is 1. The molecule has 1 aromatic heterocycles. The fourth-order valence-electron chi connectivity index (χ4n) is 2.04. The zero-order valence-corrected chi connectivity index (χ0v) is 13.4. The van der Waals surface area contributed by atoms with Crippen LogP contribution in [0, 0.1) is 19.7 Å². The van der Waals surface area contributed by atoms with Crippen LogP contribution in [0.1, 0.15) is 11.1 Å². The molecule has 0 bridgehead atoms. The van der Waals surface area contributed by atoms with Crippen LogP contribution in [0.4, 0.5) is 15.2 Å². The van der Waals surface area contributed by atoms with Crippen molar-refractivity contribution in [2.24, 2.45) is 0 Å². The standard InChI is InChI=1S/C15H12BrFN2S/c1-8-4-3-5-13-14(8)19-15(20-13)18-12-7-10(16)11(17)6-9(12)2/h3-7H,1-2H3,(H,18,19). The summed E-state index contributed by atoms with van der Waals surface area (Å²) in [5, 5.41) is 4.08. The summed E-state index contributed by atoms with van der Waals surface area (Å²) in [5.41, 5.74) is 3.87. The van der Waals surface area contributed by atoms with E-state index in [1.165, 1.54) is 6.07 Å². The number of aryl methyl sites for hydroxylation is 2. The lowest BCUT2D eigenvalue weighted by Gasteiger charge is -2.07. The van der Waals surface area contributed by atoms with Gasteiger partial charge in [0.05, 0.1) is 14.7 Å². The van der Waals surface area contributed by atoms with Crippen LogP contribution in [-0.2, 0) is 0 Å². The number of nitrogens with one attached hydrogen (secondary N) is 1. The second-order valence-electron chi connectivity index (χ2n) is 4.65. The molecule has 0 aliphatic heterocycles. The summed E-state index contributed by atoms with van der Waals surface area (Å²) in [5.74, 6) is -0.256. The first kappa shape index (κ1) is 13.5. The number of aromatic nitrogens is 1. The number of halogens is 2. The van der Waals surface area contributed by atoms with Crippen LogP contribution in [0.2, 0.25) is 0 Å². The van der Waals surface area contributed by atoms with Gasteiger partial charge >= 0.3 is 0 Å². The SMILES string of the molecule is Cc1cc(F)c(Br)cc1Nc1nc2c(C)cccc2s1. The van der Waals surface area contributed by atoms with E-state index in [2.05, 4.69) is 32.3 Å². The summed E-state index contributed by atoms with van der Waals surface area (Å²) in [7, 11) is 0. The molecule has 2 aromatic carbocycles. The lowest BCUT2D eigenvalue weighted by atomic mass is 10.2. The van der Waals surface area contributed by atoms with Gasteiger partial charge in [0, 0.05) is 5.69 Å². The molecule has 0 atom stereocenters. The third kappa shape index (κ3) is 2.43. The number of benzene rings is 2. The third-order valence-corrected chi connectivity index (χ3v) is 4.67. The normalized spacial score (nSPS) is 11.0. The number of hydrogen-bond acceptors (Lipinski definition) is 3. The van der Waals surface area contributed by atoms with Gasteiger partial charge in [0.15, 0.2) is 5.13 Å². The predicted molar refractivity (Wildman–Crippen MR) is 86.5 cm³/mol. The van der Waals surface area contributed by atoms with E-state index in [-0.39, 0.29) is 5.82 Å². The Hall–Kier alpha value is -1.46. The van der Waals surface area contributed by atoms with Gasteiger partial charge in [0.1, 0.15) is 5.82 Å². The van der Waals surface area contributed by atoms with Crippen LogP contribution in [-0.4, -0.2) is 4.98 Å². The first-order valence-electron chi connectivity index (χ1n) is 6.13. The van der Waals surface area contributed by atoms with Gasteiger partial charge in [-0.1, -0.05) is 23.5 Å². The predicted octanol–water partition coefficient (Wildman–Crippen LogP) is 5.56. The first-order chi connectivity index (χ1) is 9.54. The van der Waals surface area contributed by atoms with E-state index < -0.39 is 0 Å². The van der Waals surface area contributed by atoms with Crippen molar-refractivity contribution in [3.8, 4) is 0 Å². The Bertz CT molecular complexity index is 798. The highest BCUT2D eigenvalue weighted by atomic mass is 79.9. The smallest absolute Gasteiger partial charge is 0.188 e. The van der Waals surface area contributed by atoms with Crippen molar-refractivity contribution in [2.45, 2.75) is 13.8 Å². The van der Waals surface area contributed by atoms with Crippen molar-refractivity contribution >= 4 is 48.3 Å². The zero-order chi connectivity index (χ0) is 14.3. The molecule has 3 aromatic rings. The molecule has 0 unspecified atom stereocenters. The Morgan fingerprint density at radius 1 is 1.20 bits per heavy atom. The van der Waals surface area contributed by atoms with Gasteiger partial charge in [-0.15, -0.1) is 0 Å². The van der Waals surface area contributed by atoms with Gasteiger partial charge in [0.2, 0.25) is 0 Å². The van der Waals surface area contributed by atoms with Crippen molar-refractivity contribution in [1.29, 1.82) is 0 Å². The van der Waals surface area contributed by atoms with Crippen LogP contribution in [0.25, 0.3) is 10.2 Å². The molecule has 1 N–H and O–H groups in total. The molecule has 0 saturated heterocycles. The topological polar surface area (TPSA) is 24.9 Å². The maximum absolute atomic E-state index is 13.4. The Labute approximate surface area is 128 Å². The molecule has 0 aliphatic rings. The number of rotatable bonds is 2. The first-order valence-corrected chi connectivity index (χ1v) is 7.74. The largest absolute Gasteiger partial charge is 0.331 e. The Balaban J connectivity index is 2.01. The maximum Gasteiger partial charge on any atom is 0.188 e. The fraction of sp³-hybridized carbons (Fsp3) is 0.133. The van der Waals surface area contributed by atoms with E-state index in [0.29, 0.717) is 4.47 Å². The Morgan fingerprint density at radius 3 is 2.75 bits per heavy atom. The van der Waals surface area contributed by atoms with E-state index >= 15 is 0 Å². The van der Waals surface area contributed by atoms with E-state index in [9.17, 15) is 4.39 Å². The molecule has 5 heteroatoms. The molecule has 0 aliphatic carbocycles. The van der Waals surface area contributed by atoms with Crippen molar-refractivity contribution in [2.75, 3.05) is 5.32 Å². The molecule has 1 heterocycles. The van der Waals surface area contributed by atoms with Gasteiger partial charge in [0.25, 0.3) is 0 Å². The molecule has 102 valence electrons. The quantitative estimate of drug-likeness (QED) is 0.654. The van der Waals surface area contributed by atoms with Crippen molar-refractivity contribution in [3.63, 3.8) is 0 Å². The second kappa shape index (κ2) is 5.14. The molecule has 0 amide bonds. The van der Waals surface area contributed by atoms with Gasteiger partial charge in [-0.25, -0.2) is 9.37 Å². The highest BCUT2D eigenvalue weighted by Crippen LogP contribution is 2.32. The summed E-state index contributed by atoms with van der Waals surface area (Å²) in [4.78, 5) is 4.60. The van der Waals surface area contributed by atoms with E-state index in [1.807, 2.05) is 26.0 Å². The minimum absolute atomic E-state index is 0.256. The highest BCUT2D eigenvalue weighted by Gasteiger charge is 2.09. The molecule has 3 rings (SSSR count). The van der Waals surface area contributed by atoms with Crippen LogP contribution < -0.4 is 5.32 Å². The highest BCUT2D eigenvalue weighted by molar-refractivity contribution is 9.10. The van der Waals surface area contributed by atoms with Crippen LogP contribution >= 0.6 is 27.3 Å². The van der Waals surface area contributed by atoms with Crippen molar-refractivity contribution in [3.05, 3.63) is 51.7 Å². The van der Waals surface area contributed by atoms with E-state index in [1.54, 1.807) is 17.4 Å². The minimum Gasteiger partial charge on any atom is -0.331 e. The Kier molecular flexibility index (Phi) is 3.48. The van der Waals surface area contributed by atoms with Gasteiger partial charge in [-0.05, 0) is 59.1 Å². The zero-order valence-electron chi connectivity index (χ0n) is 11.0. The molecular weight excluding hydrogens is 339 g/mol. The summed E-state index contributed by atoms with van der Waals surface area (Å²) in [6.45, 7) is 3.92. The molecule has 20 heavy (non-hydrogen) atoms. The Morgan fingerprint density at radius 2 is 2.00 bits per heavy atom. The summed E-state index contributed by atoms with van der Waals surface area (Å²) in [6, 6.07) is 9.37. The molecule has 2 nitrogen and oxygen atoms in total. The van der Waals surface area contributed by atoms with Crippen molar-refractivity contribution < 1.29 is 4.39 Å². The molecule has 0 saturated carbocycles. The van der Waals surface area contributed by atoms with Crippen LogP contribution in [0.3, 0.4) is 0 Å². The van der Waals surface area contributed by atoms with Crippen LogP contribution in [0.15, 0.2) is 34.8 Å². The monoisotopic (exact) mass is 350 g/mol. The average molecular weight is 351 g/mol. The lowest BCUT2D eigenvalue weighted by molar-refractivity contribution is 0.620. The number of hydrogen-bond donors (Lipinski definition) is 1. The molecule has 0 spiro atoms. The molecule has 0 fully saturated rings.